The molecule has 178 valence electrons. The van der Waals surface area contributed by atoms with Gasteiger partial charge in [0, 0.05) is 11.1 Å². The zero-order chi connectivity index (χ0) is 23.8. The smallest absolute Gasteiger partial charge is 1.00 e. The Labute approximate surface area is 230 Å². The van der Waals surface area contributed by atoms with E-state index in [9.17, 15) is 8.42 Å². The van der Waals surface area contributed by atoms with Crippen LogP contribution in [0.1, 0.15) is 27.1 Å². The standard InChI is InChI=1S/C27H28N2O4S.Na.H/c30-34(31,32)21-13-2-1-12-20-33-27-28-25(22-14-6-3-7-15-22)26(23-16-8-4-9-17-23)29(27)24-18-10-5-11-19-24;;/h3-11,14-19H,1-2,12-13,20-21H2,(H,30,31,32);;/q;+1;-1. The van der Waals surface area contributed by atoms with E-state index < -0.39 is 10.1 Å². The number of aromatic nitrogens is 2. The molecule has 0 saturated heterocycles. The first-order valence-corrected chi connectivity index (χ1v) is 13.0. The molecule has 1 N–H and O–H groups in total. The molecular weight excluding hydrogens is 471 g/mol. The van der Waals surface area contributed by atoms with Crippen LogP contribution in [0.5, 0.6) is 6.01 Å². The number of ether oxygens (including phenoxy) is 1. The average molecular weight is 501 g/mol. The van der Waals surface area contributed by atoms with Crippen molar-refractivity contribution in [2.75, 3.05) is 12.4 Å². The molecule has 0 bridgehead atoms. The van der Waals surface area contributed by atoms with Crippen molar-refractivity contribution in [3.8, 4) is 34.2 Å². The topological polar surface area (TPSA) is 81.4 Å². The fourth-order valence-corrected chi connectivity index (χ4v) is 4.45. The molecule has 0 unspecified atom stereocenters. The van der Waals surface area contributed by atoms with Crippen molar-refractivity contribution in [2.24, 2.45) is 0 Å². The normalized spacial score (nSPS) is 11.1. The van der Waals surface area contributed by atoms with Crippen LogP contribution in [0.2, 0.25) is 0 Å². The third-order valence-corrected chi connectivity index (χ3v) is 6.29. The minimum atomic E-state index is -3.90. The second-order valence-corrected chi connectivity index (χ2v) is 9.62. The van der Waals surface area contributed by atoms with Crippen molar-refractivity contribution in [1.82, 2.24) is 9.55 Å². The van der Waals surface area contributed by atoms with Crippen LogP contribution in [0, 0.1) is 0 Å². The second-order valence-electron chi connectivity index (χ2n) is 8.04. The van der Waals surface area contributed by atoms with Crippen LogP contribution in [-0.4, -0.2) is 34.9 Å². The summed E-state index contributed by atoms with van der Waals surface area (Å²) in [6, 6.07) is 30.8. The van der Waals surface area contributed by atoms with Gasteiger partial charge in [0.25, 0.3) is 10.1 Å². The molecule has 0 amide bonds. The van der Waals surface area contributed by atoms with Gasteiger partial charge >= 0.3 is 35.6 Å². The van der Waals surface area contributed by atoms with E-state index in [0.717, 1.165) is 41.0 Å². The molecule has 0 aliphatic rings. The van der Waals surface area contributed by atoms with E-state index in [1.54, 1.807) is 0 Å². The van der Waals surface area contributed by atoms with Gasteiger partial charge in [0.05, 0.1) is 23.7 Å². The first kappa shape index (κ1) is 27.2. The summed E-state index contributed by atoms with van der Waals surface area (Å²) in [4.78, 5) is 4.93. The summed E-state index contributed by atoms with van der Waals surface area (Å²) in [6.45, 7) is 0.457. The molecule has 6 nitrogen and oxygen atoms in total. The molecule has 0 fully saturated rings. The van der Waals surface area contributed by atoms with Crippen LogP contribution < -0.4 is 34.3 Å². The molecule has 0 aliphatic heterocycles. The summed E-state index contributed by atoms with van der Waals surface area (Å²) in [5.74, 6) is -0.201. The summed E-state index contributed by atoms with van der Waals surface area (Å²) < 4.78 is 38.8. The Hall–Kier alpha value is -2.42. The number of imidazole rings is 1. The predicted molar refractivity (Wildman–Crippen MR) is 136 cm³/mol. The van der Waals surface area contributed by atoms with Crippen molar-refractivity contribution in [3.05, 3.63) is 91.0 Å². The number of hydrogen-bond acceptors (Lipinski definition) is 4. The molecule has 1 heterocycles. The van der Waals surface area contributed by atoms with Gasteiger partial charge in [-0.25, -0.2) is 0 Å². The van der Waals surface area contributed by atoms with E-state index in [4.69, 9.17) is 14.3 Å². The first-order chi connectivity index (χ1) is 16.5. The minimum absolute atomic E-state index is 0. The Balaban J connectivity index is 0.00000228. The maximum atomic E-state index is 10.9. The SMILES string of the molecule is O=S(=O)(O)CCCCCCOc1nc(-c2ccccc2)c(-c2ccccc2)n1-c1ccccc1.[H-].[Na+]. The Bertz CT molecular complexity index is 1300. The Kier molecular flexibility index (Phi) is 10.1. The number of nitrogens with zero attached hydrogens (tertiary/aromatic N) is 2. The number of unbranched alkanes of at least 4 members (excludes halogenated alkanes) is 3. The predicted octanol–water partition coefficient (Wildman–Crippen LogP) is 3.15. The van der Waals surface area contributed by atoms with Gasteiger partial charge in [0.15, 0.2) is 0 Å². The second kappa shape index (κ2) is 13.0. The van der Waals surface area contributed by atoms with E-state index in [1.807, 2.05) is 78.9 Å². The fourth-order valence-electron chi connectivity index (χ4n) is 3.88. The van der Waals surface area contributed by atoms with Crippen LogP contribution in [0.3, 0.4) is 0 Å². The van der Waals surface area contributed by atoms with Gasteiger partial charge in [0.1, 0.15) is 5.69 Å². The van der Waals surface area contributed by atoms with Gasteiger partial charge in [-0.05, 0) is 25.0 Å². The molecule has 0 aliphatic carbocycles. The van der Waals surface area contributed by atoms with E-state index in [0.29, 0.717) is 25.5 Å². The van der Waals surface area contributed by atoms with Crippen molar-refractivity contribution >= 4 is 10.1 Å². The van der Waals surface area contributed by atoms with Gasteiger partial charge < -0.3 is 6.16 Å². The van der Waals surface area contributed by atoms with Crippen LogP contribution >= 0.6 is 0 Å². The van der Waals surface area contributed by atoms with Crippen LogP contribution in [0.4, 0.5) is 0 Å². The number of para-hydroxylation sites is 1. The molecule has 0 radical (unpaired) electrons. The van der Waals surface area contributed by atoms with Crippen molar-refractivity contribution in [1.29, 1.82) is 0 Å². The van der Waals surface area contributed by atoms with E-state index in [-0.39, 0.29) is 36.7 Å². The van der Waals surface area contributed by atoms with Gasteiger partial charge in [-0.3, -0.25) is 9.12 Å². The molecule has 0 atom stereocenters. The minimum Gasteiger partial charge on any atom is -1.00 e. The summed E-state index contributed by atoms with van der Waals surface area (Å²) in [5.41, 5.74) is 4.81. The largest absolute Gasteiger partial charge is 1.00 e. The molecule has 1 aromatic heterocycles. The van der Waals surface area contributed by atoms with Crippen molar-refractivity contribution in [3.63, 3.8) is 0 Å². The first-order valence-electron chi connectivity index (χ1n) is 11.4. The Morgan fingerprint density at radius 3 is 1.91 bits per heavy atom. The summed E-state index contributed by atoms with van der Waals surface area (Å²) in [5, 5.41) is 0. The molecule has 0 saturated carbocycles. The van der Waals surface area contributed by atoms with Crippen molar-refractivity contribution < 1.29 is 48.7 Å². The zero-order valence-electron chi connectivity index (χ0n) is 20.9. The van der Waals surface area contributed by atoms with Gasteiger partial charge in [-0.15, -0.1) is 0 Å². The average Bonchev–Trinajstić information content (AvgIpc) is 3.24. The molecule has 4 rings (SSSR count). The quantitative estimate of drug-likeness (QED) is 0.194. The maximum absolute atomic E-state index is 10.9. The monoisotopic (exact) mass is 500 g/mol. The molecule has 4 aromatic rings. The maximum Gasteiger partial charge on any atom is 1.00 e. The molecule has 8 heteroatoms. The van der Waals surface area contributed by atoms with Crippen molar-refractivity contribution in [2.45, 2.75) is 25.7 Å². The molecular formula is C27H29N2NaO4S. The number of rotatable bonds is 11. The summed E-state index contributed by atoms with van der Waals surface area (Å²) in [7, 11) is -3.90. The van der Waals surface area contributed by atoms with Crippen LogP contribution in [0.15, 0.2) is 91.0 Å². The van der Waals surface area contributed by atoms with Gasteiger partial charge in [-0.1, -0.05) is 91.7 Å². The zero-order valence-corrected chi connectivity index (χ0v) is 22.7. The fraction of sp³-hybridized carbons (Fsp3) is 0.222. The molecule has 35 heavy (non-hydrogen) atoms. The molecule has 0 spiro atoms. The van der Waals surface area contributed by atoms with Crippen LogP contribution in [0.25, 0.3) is 28.2 Å². The summed E-state index contributed by atoms with van der Waals surface area (Å²) in [6.07, 6.45) is 2.71. The summed E-state index contributed by atoms with van der Waals surface area (Å²) >= 11 is 0. The van der Waals surface area contributed by atoms with Gasteiger partial charge in [-0.2, -0.15) is 13.4 Å². The third kappa shape index (κ3) is 7.53. The van der Waals surface area contributed by atoms with Crippen LogP contribution in [-0.2, 0) is 10.1 Å². The number of benzene rings is 3. The van der Waals surface area contributed by atoms with E-state index in [2.05, 4.69) is 16.7 Å². The Morgan fingerprint density at radius 1 is 0.771 bits per heavy atom. The third-order valence-electron chi connectivity index (χ3n) is 5.48. The molecule has 3 aromatic carbocycles. The number of hydrogen-bond donors (Lipinski definition) is 1. The Morgan fingerprint density at radius 2 is 1.31 bits per heavy atom. The van der Waals surface area contributed by atoms with E-state index in [1.165, 1.54) is 0 Å². The van der Waals surface area contributed by atoms with Gasteiger partial charge in [0.2, 0.25) is 0 Å². The van der Waals surface area contributed by atoms with E-state index >= 15 is 0 Å².